The van der Waals surface area contributed by atoms with E-state index in [0.29, 0.717) is 5.02 Å². The van der Waals surface area contributed by atoms with Crippen LogP contribution in [0, 0.1) is 0 Å². The molecule has 0 atom stereocenters. The van der Waals surface area contributed by atoms with Crippen molar-refractivity contribution in [2.75, 3.05) is 11.5 Å². The van der Waals surface area contributed by atoms with Crippen LogP contribution in [0.3, 0.4) is 0 Å². The van der Waals surface area contributed by atoms with Gasteiger partial charge in [0.05, 0.1) is 5.75 Å². The molecule has 120 valence electrons. The Bertz CT molecular complexity index is 869. The first-order valence-corrected chi connectivity index (χ1v) is 8.39. The molecule has 0 aliphatic heterocycles. The Balaban J connectivity index is 1.84. The molecular formula is C15H14ClN3O3S. The average molecular weight is 352 g/mol. The number of Topliss-reactive ketones (excluding diaryl/α,β-unsaturated/α-hetero) is 1. The van der Waals surface area contributed by atoms with Crippen LogP contribution in [0.2, 0.25) is 5.02 Å². The fourth-order valence-corrected chi connectivity index (χ4v) is 3.18. The van der Waals surface area contributed by atoms with E-state index in [0.717, 1.165) is 17.7 Å². The Morgan fingerprint density at radius 2 is 1.96 bits per heavy atom. The van der Waals surface area contributed by atoms with Gasteiger partial charge in [0.1, 0.15) is 11.4 Å². The smallest absolute Gasteiger partial charge is 0.330 e. The minimum absolute atomic E-state index is 0.0187. The van der Waals surface area contributed by atoms with Gasteiger partial charge in [-0.05, 0) is 37.1 Å². The van der Waals surface area contributed by atoms with Gasteiger partial charge in [0.2, 0.25) is 0 Å². The number of nitrogen functional groups attached to an aromatic ring is 1. The first-order valence-electron chi connectivity index (χ1n) is 7.03. The molecule has 1 fully saturated rings. The van der Waals surface area contributed by atoms with Gasteiger partial charge < -0.3 is 5.73 Å². The zero-order valence-electron chi connectivity index (χ0n) is 12.0. The fourth-order valence-electron chi connectivity index (χ4n) is 2.28. The number of H-pyrrole nitrogens is 1. The number of carbonyl (C=O) groups excluding carboxylic acids is 1. The fraction of sp³-hybridized carbons (Fsp3) is 0.267. The maximum atomic E-state index is 12.4. The minimum atomic E-state index is -0.730. The van der Waals surface area contributed by atoms with E-state index in [-0.39, 0.29) is 23.2 Å². The Hall–Kier alpha value is -1.99. The highest BCUT2D eigenvalue weighted by Crippen LogP contribution is 2.35. The van der Waals surface area contributed by atoms with E-state index in [1.165, 1.54) is 16.3 Å². The lowest BCUT2D eigenvalue weighted by Crippen LogP contribution is -2.36. The Morgan fingerprint density at radius 1 is 1.30 bits per heavy atom. The first kappa shape index (κ1) is 15.9. The van der Waals surface area contributed by atoms with Gasteiger partial charge >= 0.3 is 5.69 Å². The summed E-state index contributed by atoms with van der Waals surface area (Å²) in [6, 6.07) is 7.01. The maximum Gasteiger partial charge on any atom is 0.330 e. The Kier molecular flexibility index (Phi) is 4.32. The van der Waals surface area contributed by atoms with E-state index < -0.39 is 17.0 Å². The quantitative estimate of drug-likeness (QED) is 0.635. The van der Waals surface area contributed by atoms with Gasteiger partial charge in [-0.15, -0.1) is 11.8 Å². The second kappa shape index (κ2) is 6.25. The van der Waals surface area contributed by atoms with Crippen molar-refractivity contribution in [1.82, 2.24) is 9.55 Å². The summed E-state index contributed by atoms with van der Waals surface area (Å²) in [6.45, 7) is 0. The largest absolute Gasteiger partial charge is 0.384 e. The average Bonchev–Trinajstić information content (AvgIpc) is 3.31. The molecule has 0 radical (unpaired) electrons. The van der Waals surface area contributed by atoms with Crippen molar-refractivity contribution < 1.29 is 4.79 Å². The molecule has 23 heavy (non-hydrogen) atoms. The second-order valence-electron chi connectivity index (χ2n) is 5.29. The van der Waals surface area contributed by atoms with E-state index in [4.69, 9.17) is 17.3 Å². The van der Waals surface area contributed by atoms with Crippen LogP contribution in [-0.4, -0.2) is 21.1 Å². The van der Waals surface area contributed by atoms with E-state index in [1.807, 2.05) is 0 Å². The van der Waals surface area contributed by atoms with Crippen molar-refractivity contribution in [2.24, 2.45) is 0 Å². The summed E-state index contributed by atoms with van der Waals surface area (Å²) >= 11 is 7.09. The minimum Gasteiger partial charge on any atom is -0.384 e. The lowest BCUT2D eigenvalue weighted by molar-refractivity contribution is 0.102. The predicted octanol–water partition coefficient (Wildman–Crippen LogP) is 2.08. The SMILES string of the molecule is Nc1c(C(=O)CSc2ccc(Cl)cc2)c(=O)[nH]c(=O)n1C1CC1. The number of halogens is 1. The summed E-state index contributed by atoms with van der Waals surface area (Å²) in [5.41, 5.74) is 4.48. The highest BCUT2D eigenvalue weighted by molar-refractivity contribution is 8.00. The molecule has 8 heteroatoms. The third kappa shape index (κ3) is 3.35. The molecule has 3 rings (SSSR count). The van der Waals surface area contributed by atoms with Gasteiger partial charge in [-0.1, -0.05) is 11.6 Å². The predicted molar refractivity (Wildman–Crippen MR) is 90.5 cm³/mol. The van der Waals surface area contributed by atoms with Crippen LogP contribution in [0.4, 0.5) is 5.82 Å². The number of benzene rings is 1. The van der Waals surface area contributed by atoms with Crippen molar-refractivity contribution in [1.29, 1.82) is 0 Å². The molecule has 1 aliphatic carbocycles. The van der Waals surface area contributed by atoms with Crippen molar-refractivity contribution in [2.45, 2.75) is 23.8 Å². The number of rotatable bonds is 5. The second-order valence-corrected chi connectivity index (χ2v) is 6.77. The van der Waals surface area contributed by atoms with E-state index in [9.17, 15) is 14.4 Å². The summed E-state index contributed by atoms with van der Waals surface area (Å²) in [5, 5.41) is 0.609. The topological polar surface area (TPSA) is 98.0 Å². The molecule has 0 amide bonds. The number of aromatic nitrogens is 2. The maximum absolute atomic E-state index is 12.4. The zero-order chi connectivity index (χ0) is 16.6. The van der Waals surface area contributed by atoms with E-state index in [1.54, 1.807) is 24.3 Å². The molecule has 3 N–H and O–H groups in total. The number of aromatic amines is 1. The van der Waals surface area contributed by atoms with Gasteiger partial charge in [0, 0.05) is 16.0 Å². The number of nitrogens with two attached hydrogens (primary N) is 1. The monoisotopic (exact) mass is 351 g/mol. The molecule has 1 aromatic carbocycles. The van der Waals surface area contributed by atoms with Gasteiger partial charge in [-0.2, -0.15) is 0 Å². The standard InChI is InChI=1S/C15H14ClN3O3S/c16-8-1-5-10(6-2-8)23-7-11(20)12-13(17)19(9-3-4-9)15(22)18-14(12)21/h1-2,5-6,9H,3-4,7,17H2,(H,18,21,22). The number of ketones is 1. The van der Waals surface area contributed by atoms with Crippen LogP contribution in [0.25, 0.3) is 0 Å². The molecular weight excluding hydrogens is 338 g/mol. The summed E-state index contributed by atoms with van der Waals surface area (Å²) in [5.74, 6) is -0.390. The summed E-state index contributed by atoms with van der Waals surface area (Å²) in [4.78, 5) is 39.2. The van der Waals surface area contributed by atoms with Gasteiger partial charge in [-0.3, -0.25) is 19.1 Å². The summed E-state index contributed by atoms with van der Waals surface area (Å²) in [7, 11) is 0. The number of thioether (sulfide) groups is 1. The molecule has 6 nitrogen and oxygen atoms in total. The van der Waals surface area contributed by atoms with Crippen molar-refractivity contribution >= 4 is 35.0 Å². The number of nitrogens with zero attached hydrogens (tertiary/aromatic N) is 1. The van der Waals surface area contributed by atoms with Gasteiger partial charge in [0.15, 0.2) is 5.78 Å². The Morgan fingerprint density at radius 3 is 2.57 bits per heavy atom. The normalized spacial score (nSPS) is 14.0. The van der Waals surface area contributed by atoms with Crippen LogP contribution in [0.1, 0.15) is 29.2 Å². The molecule has 0 spiro atoms. The number of hydrogen-bond donors (Lipinski definition) is 2. The molecule has 0 bridgehead atoms. The zero-order valence-corrected chi connectivity index (χ0v) is 13.6. The molecule has 0 unspecified atom stereocenters. The first-order chi connectivity index (χ1) is 11.0. The summed E-state index contributed by atoms with van der Waals surface area (Å²) in [6.07, 6.45) is 1.65. The van der Waals surface area contributed by atoms with Crippen molar-refractivity contribution in [3.63, 3.8) is 0 Å². The molecule has 0 saturated heterocycles. The summed E-state index contributed by atoms with van der Waals surface area (Å²) < 4.78 is 1.31. The van der Waals surface area contributed by atoms with Crippen molar-refractivity contribution in [3.8, 4) is 0 Å². The molecule has 1 aliphatic rings. The lowest BCUT2D eigenvalue weighted by atomic mass is 10.2. The lowest BCUT2D eigenvalue weighted by Gasteiger charge is -2.11. The number of hydrogen-bond acceptors (Lipinski definition) is 5. The molecule has 2 aromatic rings. The molecule has 1 aromatic heterocycles. The van der Waals surface area contributed by atoms with Gasteiger partial charge in [-0.25, -0.2) is 4.79 Å². The third-order valence-corrected chi connectivity index (χ3v) is 4.82. The highest BCUT2D eigenvalue weighted by atomic mass is 35.5. The Labute approximate surface area is 140 Å². The molecule has 1 saturated carbocycles. The van der Waals surface area contributed by atoms with Crippen LogP contribution >= 0.6 is 23.4 Å². The van der Waals surface area contributed by atoms with Crippen LogP contribution in [0.15, 0.2) is 38.8 Å². The molecule has 1 heterocycles. The third-order valence-electron chi connectivity index (χ3n) is 3.56. The van der Waals surface area contributed by atoms with E-state index in [2.05, 4.69) is 4.98 Å². The number of carbonyl (C=O) groups is 1. The van der Waals surface area contributed by atoms with E-state index >= 15 is 0 Å². The van der Waals surface area contributed by atoms with Gasteiger partial charge in [0.25, 0.3) is 5.56 Å². The number of anilines is 1. The highest BCUT2D eigenvalue weighted by Gasteiger charge is 2.29. The van der Waals surface area contributed by atoms with Crippen LogP contribution < -0.4 is 17.0 Å². The van der Waals surface area contributed by atoms with Crippen LogP contribution in [-0.2, 0) is 0 Å². The number of nitrogens with one attached hydrogen (secondary N) is 1. The van der Waals surface area contributed by atoms with Crippen LogP contribution in [0.5, 0.6) is 0 Å². The van der Waals surface area contributed by atoms with Crippen molar-refractivity contribution in [3.05, 3.63) is 55.7 Å².